The maximum atomic E-state index is 10.0. The second kappa shape index (κ2) is 23.3. The molecular weight excluding hydrogens is 454 g/mol. The number of carbonyl (C=O) groups is 1. The molecule has 0 radical (unpaired) electrons. The van der Waals surface area contributed by atoms with Gasteiger partial charge in [0.25, 0.3) is 0 Å². The summed E-state index contributed by atoms with van der Waals surface area (Å²) in [5.74, 6) is 2.04. The van der Waals surface area contributed by atoms with E-state index in [1.54, 1.807) is 12.1 Å². The normalized spacial score (nSPS) is 10.2. The Hall–Kier alpha value is -3.08. The number of aliphatic imine (C=N–C) groups is 1. The zero-order valence-corrected chi connectivity index (χ0v) is 23.8. The quantitative estimate of drug-likeness (QED) is 0.238. The fraction of sp³-hybridized carbons (Fsp3) is 0.394. The van der Waals surface area contributed by atoms with Crippen molar-refractivity contribution in [2.24, 2.45) is 28.5 Å². The van der Waals surface area contributed by atoms with Crippen molar-refractivity contribution < 1.29 is 4.79 Å². The zero-order valence-electron chi connectivity index (χ0n) is 23.8. The molecule has 0 heterocycles. The summed E-state index contributed by atoms with van der Waals surface area (Å²) in [6.07, 6.45) is 2.76. The van der Waals surface area contributed by atoms with Gasteiger partial charge >= 0.3 is 0 Å². The van der Waals surface area contributed by atoms with Crippen molar-refractivity contribution >= 4 is 12.5 Å². The highest BCUT2D eigenvalue weighted by atomic mass is 16.1. The molecule has 0 amide bonds. The molecule has 4 heteroatoms. The minimum Gasteiger partial charge on any atom is -0.330 e. The lowest BCUT2D eigenvalue weighted by Crippen LogP contribution is -2.18. The molecule has 3 N–H and O–H groups in total. The second-order valence-electron chi connectivity index (χ2n) is 9.97. The molecule has 0 atom stereocenters. The van der Waals surface area contributed by atoms with Crippen LogP contribution in [0.2, 0.25) is 0 Å². The van der Waals surface area contributed by atoms with Crippen molar-refractivity contribution in [3.05, 3.63) is 108 Å². The Morgan fingerprint density at radius 2 is 1.16 bits per heavy atom. The summed E-state index contributed by atoms with van der Waals surface area (Å²) >= 11 is 0. The van der Waals surface area contributed by atoms with Gasteiger partial charge in [-0.15, -0.1) is 0 Å². The Labute approximate surface area is 226 Å². The molecule has 0 aromatic heterocycles. The molecule has 0 fully saturated rings. The Bertz CT molecular complexity index is 908. The third-order valence-electron chi connectivity index (χ3n) is 4.64. The van der Waals surface area contributed by atoms with E-state index in [4.69, 9.17) is 5.73 Å². The fourth-order valence-corrected chi connectivity index (χ4v) is 2.54. The Balaban J connectivity index is 0.000000490. The van der Waals surface area contributed by atoms with Gasteiger partial charge in [-0.3, -0.25) is 9.79 Å². The van der Waals surface area contributed by atoms with Crippen LogP contribution < -0.4 is 11.1 Å². The lowest BCUT2D eigenvalue weighted by molar-refractivity contribution is 0.112. The second-order valence-corrected chi connectivity index (χ2v) is 9.97. The highest BCUT2D eigenvalue weighted by Gasteiger charge is 1.93. The van der Waals surface area contributed by atoms with Crippen LogP contribution in [0.25, 0.3) is 0 Å². The monoisotopic (exact) mass is 503 g/mol. The minimum absolute atomic E-state index is 0.643. The molecule has 0 spiro atoms. The van der Waals surface area contributed by atoms with Gasteiger partial charge in [-0.1, -0.05) is 133 Å². The number of carbonyl (C=O) groups excluding carboxylic acids is 1. The van der Waals surface area contributed by atoms with Crippen LogP contribution in [0, 0.1) is 17.8 Å². The summed E-state index contributed by atoms with van der Waals surface area (Å²) in [5.41, 5.74) is 8.44. The number of nitrogens with two attached hydrogens (primary N) is 1. The number of aldehydes is 1. The van der Waals surface area contributed by atoms with Gasteiger partial charge in [-0.2, -0.15) is 0 Å². The number of hydrogen-bond acceptors (Lipinski definition) is 4. The largest absolute Gasteiger partial charge is 0.330 e. The van der Waals surface area contributed by atoms with Gasteiger partial charge in [0, 0.05) is 24.9 Å². The summed E-state index contributed by atoms with van der Waals surface area (Å²) in [5, 5.41) is 3.40. The first-order valence-electron chi connectivity index (χ1n) is 13.3. The molecule has 202 valence electrons. The Kier molecular flexibility index (Phi) is 21.4. The third kappa shape index (κ3) is 23.1. The summed E-state index contributed by atoms with van der Waals surface area (Å²) in [4.78, 5) is 14.3. The molecule has 4 nitrogen and oxygen atoms in total. The molecule has 0 bridgehead atoms. The summed E-state index contributed by atoms with van der Waals surface area (Å²) < 4.78 is 0. The molecule has 37 heavy (non-hydrogen) atoms. The van der Waals surface area contributed by atoms with Crippen LogP contribution in [-0.4, -0.2) is 32.1 Å². The Morgan fingerprint density at radius 1 is 0.703 bits per heavy atom. The van der Waals surface area contributed by atoms with Gasteiger partial charge in [0.15, 0.2) is 0 Å². The molecule has 0 aliphatic carbocycles. The summed E-state index contributed by atoms with van der Waals surface area (Å²) in [6, 6.07) is 29.8. The fourth-order valence-electron chi connectivity index (χ4n) is 2.54. The Morgan fingerprint density at radius 3 is 1.54 bits per heavy atom. The van der Waals surface area contributed by atoms with E-state index in [-0.39, 0.29) is 0 Å². The topological polar surface area (TPSA) is 67.5 Å². The SMILES string of the molecule is CC(C)CN.CC(C)CN=Cc1ccccc1.CC(C)CNCc1ccccc1.O=Cc1ccccc1. The van der Waals surface area contributed by atoms with Gasteiger partial charge < -0.3 is 11.1 Å². The predicted octanol–water partition coefficient (Wildman–Crippen LogP) is 7.29. The van der Waals surface area contributed by atoms with Crippen LogP contribution in [0.1, 0.15) is 63.0 Å². The number of benzene rings is 3. The lowest BCUT2D eigenvalue weighted by Gasteiger charge is -2.06. The van der Waals surface area contributed by atoms with Crippen LogP contribution in [0.3, 0.4) is 0 Å². The van der Waals surface area contributed by atoms with Crippen molar-refractivity contribution in [1.82, 2.24) is 5.32 Å². The number of hydrogen-bond donors (Lipinski definition) is 2. The van der Waals surface area contributed by atoms with E-state index in [0.717, 1.165) is 43.9 Å². The minimum atomic E-state index is 0.643. The van der Waals surface area contributed by atoms with Gasteiger partial charge in [-0.05, 0) is 42.0 Å². The first kappa shape index (κ1) is 33.9. The van der Waals surface area contributed by atoms with E-state index in [9.17, 15) is 4.79 Å². The summed E-state index contributed by atoms with van der Waals surface area (Å²) in [6.45, 7) is 16.8. The maximum absolute atomic E-state index is 10.0. The van der Waals surface area contributed by atoms with Crippen LogP contribution in [0.4, 0.5) is 0 Å². The smallest absolute Gasteiger partial charge is 0.150 e. The highest BCUT2D eigenvalue weighted by Crippen LogP contribution is 1.98. The zero-order chi connectivity index (χ0) is 27.7. The number of nitrogens with one attached hydrogen (secondary N) is 1. The van der Waals surface area contributed by atoms with Crippen molar-refractivity contribution in [3.63, 3.8) is 0 Å². The van der Waals surface area contributed by atoms with E-state index in [2.05, 4.69) is 88.2 Å². The molecule has 3 aromatic rings. The van der Waals surface area contributed by atoms with Crippen molar-refractivity contribution in [2.75, 3.05) is 19.6 Å². The lowest BCUT2D eigenvalue weighted by atomic mass is 10.2. The molecule has 3 aromatic carbocycles. The van der Waals surface area contributed by atoms with Crippen molar-refractivity contribution in [1.29, 1.82) is 0 Å². The van der Waals surface area contributed by atoms with E-state index in [1.165, 1.54) is 11.1 Å². The molecule has 3 rings (SSSR count). The van der Waals surface area contributed by atoms with Gasteiger partial charge in [0.05, 0.1) is 0 Å². The van der Waals surface area contributed by atoms with Crippen LogP contribution in [-0.2, 0) is 6.54 Å². The third-order valence-corrected chi connectivity index (χ3v) is 4.64. The van der Waals surface area contributed by atoms with E-state index in [0.29, 0.717) is 11.8 Å². The van der Waals surface area contributed by atoms with Crippen molar-refractivity contribution in [2.45, 2.75) is 48.1 Å². The molecule has 0 saturated carbocycles. The first-order valence-corrected chi connectivity index (χ1v) is 13.3. The average Bonchev–Trinajstić information content (AvgIpc) is 2.91. The average molecular weight is 504 g/mol. The predicted molar refractivity (Wildman–Crippen MR) is 162 cm³/mol. The summed E-state index contributed by atoms with van der Waals surface area (Å²) in [7, 11) is 0. The number of nitrogens with zero attached hydrogens (tertiary/aromatic N) is 1. The molecule has 0 aliphatic heterocycles. The standard InChI is InChI=1S/C11H17N.C11H15N.C7H6O.C4H11N/c2*1-10(2)8-12-9-11-6-4-3-5-7-11;8-6-7-4-2-1-3-5-7;1-4(2)3-5/h3-7,10,12H,8-9H2,1-2H3;3-7,9-10H,8H2,1-2H3;1-6H;4H,3,5H2,1-2H3. The van der Waals surface area contributed by atoms with Gasteiger partial charge in [0.2, 0.25) is 0 Å². The number of rotatable bonds is 9. The highest BCUT2D eigenvalue weighted by molar-refractivity contribution is 5.79. The van der Waals surface area contributed by atoms with Crippen molar-refractivity contribution in [3.8, 4) is 0 Å². The van der Waals surface area contributed by atoms with Crippen LogP contribution in [0.15, 0.2) is 96.0 Å². The molecule has 0 aliphatic rings. The van der Waals surface area contributed by atoms with E-state index >= 15 is 0 Å². The van der Waals surface area contributed by atoms with Gasteiger partial charge in [0.1, 0.15) is 6.29 Å². The maximum Gasteiger partial charge on any atom is 0.150 e. The first-order chi connectivity index (χ1) is 17.8. The van der Waals surface area contributed by atoms with Crippen LogP contribution >= 0.6 is 0 Å². The van der Waals surface area contributed by atoms with Gasteiger partial charge in [-0.25, -0.2) is 0 Å². The van der Waals surface area contributed by atoms with Crippen LogP contribution in [0.5, 0.6) is 0 Å². The molecular formula is C33H49N3O. The van der Waals surface area contributed by atoms with E-state index < -0.39 is 0 Å². The molecule has 0 saturated heterocycles. The molecule has 0 unspecified atom stereocenters. The van der Waals surface area contributed by atoms with E-state index in [1.807, 2.05) is 48.7 Å².